The summed E-state index contributed by atoms with van der Waals surface area (Å²) in [5.41, 5.74) is 0.349. The molecular formula is C14H26N2OS. The highest BCUT2D eigenvalue weighted by atomic mass is 32.2. The van der Waals surface area contributed by atoms with Crippen LogP contribution in [0.4, 0.5) is 0 Å². The van der Waals surface area contributed by atoms with Gasteiger partial charge >= 0.3 is 0 Å². The van der Waals surface area contributed by atoms with E-state index in [1.165, 1.54) is 31.4 Å². The van der Waals surface area contributed by atoms with E-state index in [0.29, 0.717) is 11.6 Å². The zero-order valence-corrected chi connectivity index (χ0v) is 12.7. The van der Waals surface area contributed by atoms with E-state index in [-0.39, 0.29) is 0 Å². The molecule has 2 rings (SSSR count). The molecule has 1 saturated carbocycles. The first-order chi connectivity index (χ1) is 8.67. The lowest BCUT2D eigenvalue weighted by Crippen LogP contribution is -2.46. The Kier molecular flexibility index (Phi) is 4.96. The van der Waals surface area contributed by atoms with Gasteiger partial charge in [-0.1, -0.05) is 25.6 Å². The molecule has 1 N–H and O–H groups in total. The predicted octanol–water partition coefficient (Wildman–Crippen LogP) is 3.05. The van der Waals surface area contributed by atoms with Crippen LogP contribution in [0.1, 0.15) is 46.0 Å². The second-order valence-corrected chi connectivity index (χ2v) is 6.79. The first-order valence-corrected chi connectivity index (χ1v) is 8.14. The van der Waals surface area contributed by atoms with Crippen LogP contribution < -0.4 is 5.32 Å². The summed E-state index contributed by atoms with van der Waals surface area (Å²) in [7, 11) is 1.75. The molecule has 1 unspecified atom stereocenters. The number of aliphatic imine (C=N–C) groups is 1. The van der Waals surface area contributed by atoms with Gasteiger partial charge in [-0.15, -0.1) is 0 Å². The van der Waals surface area contributed by atoms with Crippen LogP contribution in [0.3, 0.4) is 0 Å². The summed E-state index contributed by atoms with van der Waals surface area (Å²) >= 11 is 1.90. The number of rotatable bonds is 4. The highest BCUT2D eigenvalue weighted by molar-refractivity contribution is 8.14. The monoisotopic (exact) mass is 270 g/mol. The Morgan fingerprint density at radius 3 is 2.83 bits per heavy atom. The van der Waals surface area contributed by atoms with Crippen LogP contribution in [-0.2, 0) is 4.74 Å². The van der Waals surface area contributed by atoms with Crippen LogP contribution >= 0.6 is 11.8 Å². The fraction of sp³-hybridized carbons (Fsp3) is 0.929. The van der Waals surface area contributed by atoms with Crippen LogP contribution in [0.5, 0.6) is 0 Å². The molecule has 0 aromatic rings. The molecule has 3 nitrogen and oxygen atoms in total. The number of nitrogens with zero attached hydrogens (tertiary/aromatic N) is 1. The van der Waals surface area contributed by atoms with Gasteiger partial charge in [0.25, 0.3) is 0 Å². The van der Waals surface area contributed by atoms with Crippen molar-refractivity contribution in [2.24, 2.45) is 10.9 Å². The lowest BCUT2D eigenvalue weighted by atomic mass is 9.78. The van der Waals surface area contributed by atoms with E-state index in [1.807, 2.05) is 11.8 Å². The number of methoxy groups -OCH3 is 1. The maximum Gasteiger partial charge on any atom is 0.157 e. The standard InChI is InChI=1S/C14H26N2OS/c1-4-12(9-17-3)15-13-16-14(10-18-13)7-5-11(2)6-8-14/h11-12H,4-10H2,1-3H3,(H,15,16). The quantitative estimate of drug-likeness (QED) is 0.852. The van der Waals surface area contributed by atoms with Gasteiger partial charge in [0.1, 0.15) is 0 Å². The summed E-state index contributed by atoms with van der Waals surface area (Å²) in [6.45, 7) is 5.27. The third-order valence-corrected chi connectivity index (χ3v) is 5.40. The lowest BCUT2D eigenvalue weighted by molar-refractivity contribution is 0.179. The summed E-state index contributed by atoms with van der Waals surface area (Å²) in [5, 5.41) is 4.85. The van der Waals surface area contributed by atoms with E-state index < -0.39 is 0 Å². The van der Waals surface area contributed by atoms with E-state index in [9.17, 15) is 0 Å². The van der Waals surface area contributed by atoms with Crippen molar-refractivity contribution in [2.75, 3.05) is 19.5 Å². The van der Waals surface area contributed by atoms with Gasteiger partial charge in [0.2, 0.25) is 0 Å². The molecule has 104 valence electrons. The molecule has 0 radical (unpaired) electrons. The summed E-state index contributed by atoms with van der Waals surface area (Å²) < 4.78 is 5.21. The average Bonchev–Trinajstić information content (AvgIpc) is 2.76. The number of nitrogens with one attached hydrogen (secondary N) is 1. The normalized spacial score (nSPS) is 35.9. The van der Waals surface area contributed by atoms with Gasteiger partial charge in [0, 0.05) is 18.4 Å². The fourth-order valence-electron chi connectivity index (χ4n) is 2.76. The third-order valence-electron chi connectivity index (χ3n) is 4.22. The van der Waals surface area contributed by atoms with Crippen molar-refractivity contribution in [3.8, 4) is 0 Å². The first-order valence-electron chi connectivity index (χ1n) is 7.15. The summed E-state index contributed by atoms with van der Waals surface area (Å²) in [6.07, 6.45) is 6.37. The topological polar surface area (TPSA) is 33.6 Å². The second-order valence-electron chi connectivity index (χ2n) is 5.83. The molecule has 4 heteroatoms. The molecule has 0 aromatic heterocycles. The van der Waals surface area contributed by atoms with E-state index in [2.05, 4.69) is 19.2 Å². The van der Waals surface area contributed by atoms with Crippen molar-refractivity contribution >= 4 is 16.9 Å². The Balaban J connectivity index is 1.92. The molecule has 0 bridgehead atoms. The van der Waals surface area contributed by atoms with E-state index >= 15 is 0 Å². The van der Waals surface area contributed by atoms with Crippen LogP contribution in [0.15, 0.2) is 4.99 Å². The van der Waals surface area contributed by atoms with Crippen LogP contribution in [0, 0.1) is 5.92 Å². The Hall–Kier alpha value is -0.220. The number of thioether (sulfide) groups is 1. The number of hydrogen-bond acceptors (Lipinski definition) is 3. The molecule has 0 amide bonds. The first kappa shape index (κ1) is 14.2. The van der Waals surface area contributed by atoms with E-state index in [4.69, 9.17) is 9.73 Å². The van der Waals surface area contributed by atoms with Crippen LogP contribution in [0.25, 0.3) is 0 Å². The molecule has 0 aromatic carbocycles. The van der Waals surface area contributed by atoms with Gasteiger partial charge in [-0.3, -0.25) is 4.99 Å². The van der Waals surface area contributed by atoms with Crippen molar-refractivity contribution in [3.05, 3.63) is 0 Å². The Morgan fingerprint density at radius 2 is 2.22 bits per heavy atom. The minimum absolute atomic E-state index is 0.308. The largest absolute Gasteiger partial charge is 0.382 e. The zero-order chi connectivity index (χ0) is 13.0. The highest BCUT2D eigenvalue weighted by Gasteiger charge is 2.39. The Bertz CT molecular complexity index is 298. The average molecular weight is 270 g/mol. The summed E-state index contributed by atoms with van der Waals surface area (Å²) in [5.74, 6) is 2.10. The molecule has 1 saturated heterocycles. The molecule has 18 heavy (non-hydrogen) atoms. The number of amidine groups is 1. The van der Waals surface area contributed by atoms with Crippen molar-refractivity contribution in [1.82, 2.24) is 5.32 Å². The predicted molar refractivity (Wildman–Crippen MR) is 79.3 cm³/mol. The van der Waals surface area contributed by atoms with Gasteiger partial charge in [-0.25, -0.2) is 0 Å². The zero-order valence-electron chi connectivity index (χ0n) is 11.9. The number of ether oxygens (including phenoxy) is 1. The Labute approximate surface area is 115 Å². The molecular weight excluding hydrogens is 244 g/mol. The lowest BCUT2D eigenvalue weighted by Gasteiger charge is -2.35. The van der Waals surface area contributed by atoms with Crippen molar-refractivity contribution in [2.45, 2.75) is 57.5 Å². The second kappa shape index (κ2) is 6.29. The molecule has 1 heterocycles. The van der Waals surface area contributed by atoms with Gasteiger partial charge in [-0.2, -0.15) is 0 Å². The Morgan fingerprint density at radius 1 is 1.50 bits per heavy atom. The fourth-order valence-corrected chi connectivity index (χ4v) is 4.05. The van der Waals surface area contributed by atoms with Crippen molar-refractivity contribution in [3.63, 3.8) is 0 Å². The summed E-state index contributed by atoms with van der Waals surface area (Å²) in [6, 6.07) is 0.308. The van der Waals surface area contributed by atoms with Gasteiger partial charge < -0.3 is 10.1 Å². The SMILES string of the molecule is CCC(COC)N=C1NC2(CCC(C)CC2)CS1. The van der Waals surface area contributed by atoms with Crippen molar-refractivity contribution < 1.29 is 4.74 Å². The highest BCUT2D eigenvalue weighted by Crippen LogP contribution is 2.38. The van der Waals surface area contributed by atoms with Gasteiger partial charge in [0.15, 0.2) is 5.17 Å². The van der Waals surface area contributed by atoms with Crippen LogP contribution in [-0.4, -0.2) is 36.2 Å². The summed E-state index contributed by atoms with van der Waals surface area (Å²) in [4.78, 5) is 4.80. The third kappa shape index (κ3) is 3.41. The molecule has 1 aliphatic carbocycles. The maximum atomic E-state index is 5.21. The minimum Gasteiger partial charge on any atom is -0.382 e. The molecule has 1 aliphatic heterocycles. The molecule has 2 aliphatic rings. The molecule has 1 spiro atoms. The minimum atomic E-state index is 0.308. The molecule has 2 fully saturated rings. The van der Waals surface area contributed by atoms with Gasteiger partial charge in [-0.05, 0) is 38.0 Å². The van der Waals surface area contributed by atoms with E-state index in [1.54, 1.807) is 7.11 Å². The van der Waals surface area contributed by atoms with Gasteiger partial charge in [0.05, 0.1) is 12.6 Å². The number of hydrogen-bond donors (Lipinski definition) is 1. The van der Waals surface area contributed by atoms with Crippen LogP contribution in [0.2, 0.25) is 0 Å². The smallest absolute Gasteiger partial charge is 0.157 e. The molecule has 1 atom stereocenters. The van der Waals surface area contributed by atoms with E-state index in [0.717, 1.165) is 24.1 Å². The van der Waals surface area contributed by atoms with Crippen molar-refractivity contribution in [1.29, 1.82) is 0 Å². The maximum absolute atomic E-state index is 5.21.